The number of carbonyl (C=O) groups is 2. The number of rotatable bonds is 3. The smallest absolute Gasteiger partial charge is 0.336 e. The maximum Gasteiger partial charge on any atom is 0.336 e. The minimum Gasteiger partial charge on any atom is -0.478 e. The van der Waals surface area contributed by atoms with Gasteiger partial charge in [-0.2, -0.15) is 0 Å². The van der Waals surface area contributed by atoms with Gasteiger partial charge in [-0.1, -0.05) is 41.4 Å². The fraction of sp³-hybridized carbons (Fsp3) is 0. The van der Waals surface area contributed by atoms with Gasteiger partial charge in [0.15, 0.2) is 6.29 Å². The molecule has 2 aromatic rings. The summed E-state index contributed by atoms with van der Waals surface area (Å²) in [5.41, 5.74) is 1.10. The van der Waals surface area contributed by atoms with Crippen LogP contribution >= 0.6 is 23.2 Å². The standard InChI is InChI=1S/C14H8Cl2O3/c15-9-5-8(7-17)13(12(16)6-9)10-3-1-2-4-11(10)14(18)19/h1-7H,(H,18,19). The lowest BCUT2D eigenvalue weighted by molar-refractivity contribution is 0.0697. The van der Waals surface area contributed by atoms with Crippen LogP contribution in [0.1, 0.15) is 20.7 Å². The predicted molar refractivity (Wildman–Crippen MR) is 74.2 cm³/mol. The van der Waals surface area contributed by atoms with Gasteiger partial charge in [0.25, 0.3) is 0 Å². The average molecular weight is 295 g/mol. The second-order valence-corrected chi connectivity index (χ2v) is 4.66. The summed E-state index contributed by atoms with van der Waals surface area (Å²) in [6.07, 6.45) is 0.603. The number of hydrogen-bond acceptors (Lipinski definition) is 2. The molecule has 5 heteroatoms. The molecule has 0 radical (unpaired) electrons. The molecule has 0 aliphatic heterocycles. The number of aromatic carboxylic acids is 1. The quantitative estimate of drug-likeness (QED) is 0.864. The Bertz CT molecular complexity index is 666. The Labute approximate surface area is 119 Å². The van der Waals surface area contributed by atoms with E-state index < -0.39 is 5.97 Å². The normalized spacial score (nSPS) is 10.2. The minimum atomic E-state index is -1.08. The fourth-order valence-electron chi connectivity index (χ4n) is 1.86. The van der Waals surface area contributed by atoms with Gasteiger partial charge in [0, 0.05) is 16.1 Å². The first-order valence-corrected chi connectivity index (χ1v) is 6.07. The molecule has 2 aromatic carbocycles. The van der Waals surface area contributed by atoms with E-state index in [1.165, 1.54) is 18.2 Å². The molecular formula is C14H8Cl2O3. The van der Waals surface area contributed by atoms with E-state index in [1.807, 2.05) is 0 Å². The summed E-state index contributed by atoms with van der Waals surface area (Å²) < 4.78 is 0. The molecule has 19 heavy (non-hydrogen) atoms. The van der Waals surface area contributed by atoms with E-state index in [0.29, 0.717) is 22.4 Å². The van der Waals surface area contributed by atoms with Crippen molar-refractivity contribution < 1.29 is 14.7 Å². The molecule has 0 unspecified atom stereocenters. The first kappa shape index (κ1) is 13.6. The van der Waals surface area contributed by atoms with Gasteiger partial charge in [0.1, 0.15) is 0 Å². The van der Waals surface area contributed by atoms with Crippen molar-refractivity contribution in [3.8, 4) is 11.1 Å². The summed E-state index contributed by atoms with van der Waals surface area (Å²) in [5, 5.41) is 9.74. The lowest BCUT2D eigenvalue weighted by Gasteiger charge is -2.11. The highest BCUT2D eigenvalue weighted by atomic mass is 35.5. The summed E-state index contributed by atoms with van der Waals surface area (Å²) in [4.78, 5) is 22.3. The van der Waals surface area contributed by atoms with Crippen molar-refractivity contribution in [1.82, 2.24) is 0 Å². The van der Waals surface area contributed by atoms with Crippen molar-refractivity contribution in [3.05, 3.63) is 57.6 Å². The summed E-state index contributed by atoms with van der Waals surface area (Å²) in [7, 11) is 0. The van der Waals surface area contributed by atoms with Gasteiger partial charge in [0.2, 0.25) is 0 Å². The van der Waals surface area contributed by atoms with Gasteiger partial charge < -0.3 is 5.11 Å². The Kier molecular flexibility index (Phi) is 3.88. The fourth-order valence-corrected chi connectivity index (χ4v) is 2.47. The van der Waals surface area contributed by atoms with Crippen LogP contribution in [-0.2, 0) is 0 Å². The molecule has 0 heterocycles. The van der Waals surface area contributed by atoms with Gasteiger partial charge in [0.05, 0.1) is 10.6 Å². The molecule has 0 bridgehead atoms. The summed E-state index contributed by atoms with van der Waals surface area (Å²) >= 11 is 11.9. The molecule has 0 saturated heterocycles. The van der Waals surface area contributed by atoms with Crippen molar-refractivity contribution in [2.75, 3.05) is 0 Å². The second-order valence-electron chi connectivity index (χ2n) is 3.82. The van der Waals surface area contributed by atoms with Crippen LogP contribution in [0.2, 0.25) is 10.0 Å². The SMILES string of the molecule is O=Cc1cc(Cl)cc(Cl)c1-c1ccccc1C(=O)O. The van der Waals surface area contributed by atoms with Crippen molar-refractivity contribution in [2.24, 2.45) is 0 Å². The summed E-state index contributed by atoms with van der Waals surface area (Å²) in [5.74, 6) is -1.08. The first-order chi connectivity index (χ1) is 9.04. The Morgan fingerprint density at radius 3 is 2.47 bits per heavy atom. The van der Waals surface area contributed by atoms with Crippen LogP contribution in [0.25, 0.3) is 11.1 Å². The van der Waals surface area contributed by atoms with E-state index in [1.54, 1.807) is 18.2 Å². The van der Waals surface area contributed by atoms with E-state index >= 15 is 0 Å². The lowest BCUT2D eigenvalue weighted by Crippen LogP contribution is -2.01. The largest absolute Gasteiger partial charge is 0.478 e. The monoisotopic (exact) mass is 294 g/mol. The Morgan fingerprint density at radius 1 is 1.16 bits per heavy atom. The molecule has 0 atom stereocenters. The molecule has 2 rings (SSSR count). The lowest BCUT2D eigenvalue weighted by atomic mass is 9.96. The van der Waals surface area contributed by atoms with Crippen LogP contribution in [0.4, 0.5) is 0 Å². The van der Waals surface area contributed by atoms with Crippen LogP contribution in [-0.4, -0.2) is 17.4 Å². The van der Waals surface area contributed by atoms with Crippen molar-refractivity contribution >= 4 is 35.5 Å². The zero-order chi connectivity index (χ0) is 14.0. The van der Waals surface area contributed by atoms with E-state index in [2.05, 4.69) is 0 Å². The maximum absolute atomic E-state index is 11.2. The van der Waals surface area contributed by atoms with Gasteiger partial charge in [-0.25, -0.2) is 4.79 Å². The van der Waals surface area contributed by atoms with Crippen LogP contribution < -0.4 is 0 Å². The zero-order valence-electron chi connectivity index (χ0n) is 9.56. The van der Waals surface area contributed by atoms with Crippen LogP contribution in [0, 0.1) is 0 Å². The average Bonchev–Trinajstić information content (AvgIpc) is 2.37. The number of carboxylic acid groups (broad SMARTS) is 1. The molecule has 0 amide bonds. The number of carboxylic acids is 1. The molecule has 0 aliphatic rings. The van der Waals surface area contributed by atoms with Crippen LogP contribution in [0.5, 0.6) is 0 Å². The third-order valence-electron chi connectivity index (χ3n) is 2.64. The van der Waals surface area contributed by atoms with Gasteiger partial charge in [-0.15, -0.1) is 0 Å². The summed E-state index contributed by atoms with van der Waals surface area (Å²) in [6, 6.07) is 9.28. The topological polar surface area (TPSA) is 54.4 Å². The number of halogens is 2. The molecule has 96 valence electrons. The molecule has 3 nitrogen and oxygen atoms in total. The zero-order valence-corrected chi connectivity index (χ0v) is 11.1. The van der Waals surface area contributed by atoms with E-state index in [-0.39, 0.29) is 16.1 Å². The third-order valence-corrected chi connectivity index (χ3v) is 3.16. The first-order valence-electron chi connectivity index (χ1n) is 5.31. The predicted octanol–water partition coefficient (Wildman–Crippen LogP) is 4.17. The van der Waals surface area contributed by atoms with Gasteiger partial charge in [-0.3, -0.25) is 4.79 Å². The Hall–Kier alpha value is -1.84. The van der Waals surface area contributed by atoms with E-state index in [4.69, 9.17) is 23.2 Å². The molecular weight excluding hydrogens is 287 g/mol. The number of aldehydes is 1. The molecule has 0 aliphatic carbocycles. The second kappa shape index (κ2) is 5.43. The Balaban J connectivity index is 2.79. The van der Waals surface area contributed by atoms with Crippen molar-refractivity contribution in [1.29, 1.82) is 0 Å². The van der Waals surface area contributed by atoms with Crippen LogP contribution in [0.15, 0.2) is 36.4 Å². The van der Waals surface area contributed by atoms with Gasteiger partial charge in [-0.05, 0) is 23.8 Å². The molecule has 0 spiro atoms. The van der Waals surface area contributed by atoms with Gasteiger partial charge >= 0.3 is 5.97 Å². The molecule has 0 fully saturated rings. The third kappa shape index (κ3) is 2.62. The van der Waals surface area contributed by atoms with E-state index in [9.17, 15) is 14.7 Å². The minimum absolute atomic E-state index is 0.0785. The van der Waals surface area contributed by atoms with Crippen LogP contribution in [0.3, 0.4) is 0 Å². The number of hydrogen-bond donors (Lipinski definition) is 1. The number of carbonyl (C=O) groups excluding carboxylic acids is 1. The molecule has 0 saturated carbocycles. The van der Waals surface area contributed by atoms with E-state index in [0.717, 1.165) is 0 Å². The summed E-state index contributed by atoms with van der Waals surface area (Å²) in [6.45, 7) is 0. The van der Waals surface area contributed by atoms with Crippen molar-refractivity contribution in [3.63, 3.8) is 0 Å². The number of benzene rings is 2. The molecule has 0 aromatic heterocycles. The van der Waals surface area contributed by atoms with Crippen molar-refractivity contribution in [2.45, 2.75) is 0 Å². The highest BCUT2D eigenvalue weighted by Crippen LogP contribution is 2.35. The molecule has 1 N–H and O–H groups in total. The Morgan fingerprint density at radius 2 is 1.84 bits per heavy atom. The maximum atomic E-state index is 11.2. The highest BCUT2D eigenvalue weighted by molar-refractivity contribution is 6.37. The highest BCUT2D eigenvalue weighted by Gasteiger charge is 2.17.